The van der Waals surface area contributed by atoms with Gasteiger partial charge in [0, 0.05) is 13.1 Å². The van der Waals surface area contributed by atoms with Crippen molar-refractivity contribution < 1.29 is 19.4 Å². The molecule has 1 unspecified atom stereocenters. The summed E-state index contributed by atoms with van der Waals surface area (Å²) >= 11 is 1.68. The minimum atomic E-state index is -0.200. The summed E-state index contributed by atoms with van der Waals surface area (Å²) in [6, 6.07) is 11.8. The van der Waals surface area contributed by atoms with E-state index in [0.29, 0.717) is 24.7 Å². The van der Waals surface area contributed by atoms with E-state index in [4.69, 9.17) is 9.47 Å². The second-order valence-electron chi connectivity index (χ2n) is 11.9. The van der Waals surface area contributed by atoms with Crippen LogP contribution < -0.4 is 9.47 Å². The average Bonchev–Trinajstić information content (AvgIpc) is 3.18. The van der Waals surface area contributed by atoms with Gasteiger partial charge in [0.25, 0.3) is 0 Å². The molecule has 1 amide bonds. The largest absolute Gasteiger partial charge is 0.507 e. The normalized spacial score (nSPS) is 16.5. The van der Waals surface area contributed by atoms with Crippen LogP contribution in [0.2, 0.25) is 0 Å². The number of aromatic hydroxyl groups is 1. The molecule has 3 rings (SSSR count). The Labute approximate surface area is 227 Å². The molecule has 0 bridgehead atoms. The molecule has 1 N–H and O–H groups in total. The fourth-order valence-electron chi connectivity index (χ4n) is 4.53. The topological polar surface area (TPSA) is 62.2 Å². The summed E-state index contributed by atoms with van der Waals surface area (Å²) in [6.07, 6.45) is 0.887. The molecular formula is C30H44N2O4S. The Morgan fingerprint density at radius 3 is 2.11 bits per heavy atom. The van der Waals surface area contributed by atoms with Gasteiger partial charge in [-0.1, -0.05) is 41.5 Å². The number of amides is 1. The molecule has 2 aromatic rings. The quantitative estimate of drug-likeness (QED) is 0.410. The van der Waals surface area contributed by atoms with E-state index in [1.165, 1.54) is 0 Å². The van der Waals surface area contributed by atoms with Crippen LogP contribution in [-0.2, 0) is 15.6 Å². The first-order chi connectivity index (χ1) is 17.3. The summed E-state index contributed by atoms with van der Waals surface area (Å²) in [4.78, 5) is 17.1. The van der Waals surface area contributed by atoms with Gasteiger partial charge in [0.1, 0.15) is 29.2 Å². The first-order valence-electron chi connectivity index (χ1n) is 13.1. The number of methoxy groups -OCH3 is 1. The number of benzene rings is 2. The third-order valence-corrected chi connectivity index (χ3v) is 8.00. The van der Waals surface area contributed by atoms with E-state index >= 15 is 0 Å². The highest BCUT2D eigenvalue weighted by atomic mass is 32.2. The highest BCUT2D eigenvalue weighted by Crippen LogP contribution is 2.45. The molecule has 0 aliphatic carbocycles. The lowest BCUT2D eigenvalue weighted by atomic mass is 9.78. The fourth-order valence-corrected chi connectivity index (χ4v) is 5.73. The Hall–Kier alpha value is -2.38. The number of phenols is 1. The standard InChI is InChI=1S/C30H44N2O4S/c1-29(2,3)24-18-21(19-25(27(24)34)30(4,5)6)28-32(26(33)20-37-28)15-9-14-31(7)16-17-36-23-12-10-22(35-8)11-13-23/h10-13,18-19,28,34H,9,14-17,20H2,1-8H3. The van der Waals surface area contributed by atoms with Crippen LogP contribution in [0.3, 0.4) is 0 Å². The average molecular weight is 529 g/mol. The van der Waals surface area contributed by atoms with E-state index in [1.54, 1.807) is 18.9 Å². The van der Waals surface area contributed by atoms with Crippen LogP contribution in [0.4, 0.5) is 0 Å². The molecule has 37 heavy (non-hydrogen) atoms. The minimum absolute atomic E-state index is 0.0287. The van der Waals surface area contributed by atoms with Gasteiger partial charge in [0.05, 0.1) is 12.9 Å². The number of rotatable bonds is 10. The Balaban J connectivity index is 1.61. The SMILES string of the molecule is COc1ccc(OCCN(C)CCCN2C(=O)CSC2c2cc(C(C)(C)C)c(O)c(C(C)(C)C)c2)cc1. The number of hydrogen-bond donors (Lipinski definition) is 1. The predicted molar refractivity (Wildman–Crippen MR) is 153 cm³/mol. The van der Waals surface area contributed by atoms with Gasteiger partial charge in [-0.2, -0.15) is 0 Å². The second-order valence-corrected chi connectivity index (χ2v) is 13.0. The van der Waals surface area contributed by atoms with Gasteiger partial charge in [0.2, 0.25) is 5.91 Å². The van der Waals surface area contributed by atoms with Crippen LogP contribution in [0, 0.1) is 0 Å². The Morgan fingerprint density at radius 2 is 1.57 bits per heavy atom. The maximum atomic E-state index is 12.9. The molecule has 1 aliphatic rings. The molecule has 0 aromatic heterocycles. The summed E-state index contributed by atoms with van der Waals surface area (Å²) in [7, 11) is 3.74. The number of carbonyl (C=O) groups is 1. The maximum absolute atomic E-state index is 12.9. The van der Waals surface area contributed by atoms with Gasteiger partial charge in [-0.25, -0.2) is 0 Å². The first-order valence-corrected chi connectivity index (χ1v) is 14.1. The Morgan fingerprint density at radius 1 is 1.00 bits per heavy atom. The number of likely N-dealkylation sites (N-methyl/N-ethyl adjacent to an activating group) is 1. The van der Waals surface area contributed by atoms with Crippen molar-refractivity contribution in [1.29, 1.82) is 0 Å². The van der Waals surface area contributed by atoms with Gasteiger partial charge < -0.3 is 24.4 Å². The predicted octanol–water partition coefficient (Wildman–Crippen LogP) is 5.97. The maximum Gasteiger partial charge on any atom is 0.233 e. The number of ether oxygens (including phenoxy) is 2. The molecule has 1 atom stereocenters. The zero-order chi connectivity index (χ0) is 27.4. The summed E-state index contributed by atoms with van der Waals surface area (Å²) in [5, 5.41) is 11.1. The number of nitrogens with zero attached hydrogens (tertiary/aromatic N) is 2. The van der Waals surface area contributed by atoms with Crippen molar-refractivity contribution in [2.45, 2.75) is 64.2 Å². The van der Waals surface area contributed by atoms with E-state index in [0.717, 1.165) is 47.7 Å². The minimum Gasteiger partial charge on any atom is -0.507 e. The van der Waals surface area contributed by atoms with Gasteiger partial charge in [-0.3, -0.25) is 4.79 Å². The highest BCUT2D eigenvalue weighted by molar-refractivity contribution is 8.00. The zero-order valence-corrected chi connectivity index (χ0v) is 24.6. The molecule has 7 heteroatoms. The zero-order valence-electron chi connectivity index (χ0n) is 23.8. The number of hydrogen-bond acceptors (Lipinski definition) is 6. The highest BCUT2D eigenvalue weighted by Gasteiger charge is 2.35. The molecule has 0 radical (unpaired) electrons. The van der Waals surface area contributed by atoms with Crippen molar-refractivity contribution in [2.75, 3.05) is 46.2 Å². The molecule has 1 aliphatic heterocycles. The second kappa shape index (κ2) is 12.0. The lowest BCUT2D eigenvalue weighted by molar-refractivity contribution is -0.128. The summed E-state index contributed by atoms with van der Waals surface area (Å²) in [5.41, 5.74) is 2.58. The van der Waals surface area contributed by atoms with E-state index < -0.39 is 0 Å². The monoisotopic (exact) mass is 528 g/mol. The van der Waals surface area contributed by atoms with Crippen molar-refractivity contribution in [3.8, 4) is 17.2 Å². The Kier molecular flexibility index (Phi) is 9.46. The fraction of sp³-hybridized carbons (Fsp3) is 0.567. The lowest BCUT2D eigenvalue weighted by Gasteiger charge is -2.31. The smallest absolute Gasteiger partial charge is 0.233 e. The third kappa shape index (κ3) is 7.57. The number of carbonyl (C=O) groups excluding carboxylic acids is 1. The molecule has 2 aromatic carbocycles. The summed E-state index contributed by atoms with van der Waals surface area (Å²) in [6.45, 7) is 15.7. The number of thioether (sulfide) groups is 1. The van der Waals surface area contributed by atoms with Crippen LogP contribution in [-0.4, -0.2) is 67.0 Å². The first kappa shape index (κ1) is 29.2. The van der Waals surface area contributed by atoms with E-state index in [1.807, 2.05) is 29.2 Å². The van der Waals surface area contributed by atoms with E-state index in [-0.39, 0.29) is 22.1 Å². The molecule has 1 fully saturated rings. The van der Waals surface area contributed by atoms with Crippen LogP contribution >= 0.6 is 11.8 Å². The van der Waals surface area contributed by atoms with E-state index in [2.05, 4.69) is 65.6 Å². The molecule has 6 nitrogen and oxygen atoms in total. The summed E-state index contributed by atoms with van der Waals surface area (Å²) < 4.78 is 11.0. The van der Waals surface area contributed by atoms with Crippen molar-refractivity contribution in [1.82, 2.24) is 9.80 Å². The molecule has 1 heterocycles. The Bertz CT molecular complexity index is 1020. The van der Waals surface area contributed by atoms with Crippen LogP contribution in [0.5, 0.6) is 17.2 Å². The molecule has 0 saturated carbocycles. The van der Waals surface area contributed by atoms with Crippen molar-refractivity contribution >= 4 is 17.7 Å². The van der Waals surface area contributed by atoms with Crippen LogP contribution in [0.1, 0.15) is 70.0 Å². The third-order valence-electron chi connectivity index (χ3n) is 6.74. The van der Waals surface area contributed by atoms with Gasteiger partial charge in [-0.15, -0.1) is 11.8 Å². The summed E-state index contributed by atoms with van der Waals surface area (Å²) in [5.74, 6) is 2.70. The molecule has 204 valence electrons. The van der Waals surface area contributed by atoms with Gasteiger partial charge >= 0.3 is 0 Å². The van der Waals surface area contributed by atoms with Crippen LogP contribution in [0.25, 0.3) is 0 Å². The van der Waals surface area contributed by atoms with Crippen LogP contribution in [0.15, 0.2) is 36.4 Å². The molecule has 1 saturated heterocycles. The van der Waals surface area contributed by atoms with Crippen molar-refractivity contribution in [3.63, 3.8) is 0 Å². The molecular weight excluding hydrogens is 484 g/mol. The number of phenolic OH excluding ortho intramolecular Hbond substituents is 1. The van der Waals surface area contributed by atoms with Crippen molar-refractivity contribution in [2.24, 2.45) is 0 Å². The van der Waals surface area contributed by atoms with Gasteiger partial charge in [-0.05, 0) is 83.9 Å². The van der Waals surface area contributed by atoms with Crippen molar-refractivity contribution in [3.05, 3.63) is 53.1 Å². The van der Waals surface area contributed by atoms with E-state index in [9.17, 15) is 9.90 Å². The lowest BCUT2D eigenvalue weighted by Crippen LogP contribution is -2.33. The molecule has 0 spiro atoms. The van der Waals surface area contributed by atoms with Gasteiger partial charge in [0.15, 0.2) is 0 Å².